The van der Waals surface area contributed by atoms with Gasteiger partial charge in [-0.25, -0.2) is 4.98 Å². The van der Waals surface area contributed by atoms with Crippen molar-refractivity contribution in [3.8, 4) is 11.3 Å². The minimum atomic E-state index is 0.480. The lowest BCUT2D eigenvalue weighted by Gasteiger charge is -2.21. The molecular weight excluding hydrogens is 348 g/mol. The molecule has 0 radical (unpaired) electrons. The summed E-state index contributed by atoms with van der Waals surface area (Å²) in [4.78, 5) is 7.11. The zero-order chi connectivity index (χ0) is 14.7. The number of hydrogen-bond acceptors (Lipinski definition) is 4. The summed E-state index contributed by atoms with van der Waals surface area (Å²) in [5, 5.41) is 3.21. The lowest BCUT2D eigenvalue weighted by Crippen LogP contribution is -2.30. The molecule has 3 nitrogen and oxygen atoms in total. The predicted molar refractivity (Wildman–Crippen MR) is 91.9 cm³/mol. The van der Waals surface area contributed by atoms with Gasteiger partial charge in [-0.1, -0.05) is 47.8 Å². The molecule has 2 heterocycles. The Morgan fingerprint density at radius 1 is 1.38 bits per heavy atom. The van der Waals surface area contributed by atoms with Crippen molar-refractivity contribution in [2.75, 3.05) is 18.2 Å². The normalized spacial score (nSPS) is 18.4. The first-order chi connectivity index (χ1) is 10.3. The Morgan fingerprint density at radius 3 is 2.95 bits per heavy atom. The minimum Gasteiger partial charge on any atom is -0.359 e. The number of unbranched alkanes of at least 4 members (excludes halogenated alkanes) is 1. The summed E-state index contributed by atoms with van der Waals surface area (Å²) in [5.41, 5.74) is 2.20. The van der Waals surface area contributed by atoms with E-state index in [0.717, 1.165) is 27.5 Å². The summed E-state index contributed by atoms with van der Waals surface area (Å²) in [7, 11) is 0. The molecule has 0 bridgehead atoms. The van der Waals surface area contributed by atoms with E-state index in [1.165, 1.54) is 19.3 Å². The Balaban J connectivity index is 1.76. The number of ether oxygens (including phenoxy) is 1. The second-order valence-corrected chi connectivity index (χ2v) is 7.04. The quantitative estimate of drug-likeness (QED) is 0.750. The second-order valence-electron chi connectivity index (χ2n) is 5.29. The van der Waals surface area contributed by atoms with Crippen LogP contribution in [0.25, 0.3) is 11.3 Å². The van der Waals surface area contributed by atoms with Crippen LogP contribution in [0.4, 0.5) is 5.13 Å². The first-order valence-electron chi connectivity index (χ1n) is 7.34. The van der Waals surface area contributed by atoms with E-state index in [-0.39, 0.29) is 0 Å². The van der Waals surface area contributed by atoms with Crippen LogP contribution < -0.4 is 4.90 Å². The minimum absolute atomic E-state index is 0.480. The summed E-state index contributed by atoms with van der Waals surface area (Å²) >= 11 is 5.17. The van der Waals surface area contributed by atoms with Gasteiger partial charge < -0.3 is 9.64 Å². The Kier molecular flexibility index (Phi) is 4.93. The van der Waals surface area contributed by atoms with Crippen molar-refractivity contribution < 1.29 is 4.74 Å². The molecule has 5 heteroatoms. The number of benzene rings is 1. The smallest absolute Gasteiger partial charge is 0.188 e. The van der Waals surface area contributed by atoms with E-state index in [1.807, 2.05) is 0 Å². The number of aromatic nitrogens is 1. The van der Waals surface area contributed by atoms with Crippen molar-refractivity contribution in [3.05, 3.63) is 34.1 Å². The first-order valence-corrected chi connectivity index (χ1v) is 9.01. The number of thiazole rings is 1. The number of rotatable bonds is 5. The SMILES string of the molecule is CCCCC1COCN1c1nc(-c2ccc(Br)cc2)cs1. The van der Waals surface area contributed by atoms with Gasteiger partial charge in [0.05, 0.1) is 18.3 Å². The largest absolute Gasteiger partial charge is 0.359 e. The third-order valence-electron chi connectivity index (χ3n) is 3.75. The molecular formula is C16H19BrN2OS. The van der Waals surface area contributed by atoms with Gasteiger partial charge in [0, 0.05) is 15.4 Å². The van der Waals surface area contributed by atoms with Crippen LogP contribution in [0.15, 0.2) is 34.1 Å². The molecule has 1 saturated heterocycles. The van der Waals surface area contributed by atoms with Crippen molar-refractivity contribution in [2.24, 2.45) is 0 Å². The van der Waals surface area contributed by atoms with Gasteiger partial charge in [-0.2, -0.15) is 0 Å². The van der Waals surface area contributed by atoms with Crippen molar-refractivity contribution in [2.45, 2.75) is 32.2 Å². The van der Waals surface area contributed by atoms with Crippen molar-refractivity contribution in [3.63, 3.8) is 0 Å². The number of anilines is 1. The van der Waals surface area contributed by atoms with Crippen LogP contribution >= 0.6 is 27.3 Å². The van der Waals surface area contributed by atoms with Gasteiger partial charge in [-0.15, -0.1) is 11.3 Å². The zero-order valence-electron chi connectivity index (χ0n) is 12.1. The summed E-state index contributed by atoms with van der Waals surface area (Å²) in [5.74, 6) is 0. The predicted octanol–water partition coefficient (Wildman–Crippen LogP) is 4.93. The summed E-state index contributed by atoms with van der Waals surface area (Å²) in [6.07, 6.45) is 3.66. The first kappa shape index (κ1) is 15.0. The monoisotopic (exact) mass is 366 g/mol. The molecule has 21 heavy (non-hydrogen) atoms. The molecule has 1 aliphatic rings. The molecule has 1 unspecified atom stereocenters. The fourth-order valence-electron chi connectivity index (χ4n) is 2.52. The highest BCUT2D eigenvalue weighted by atomic mass is 79.9. The topological polar surface area (TPSA) is 25.4 Å². The highest BCUT2D eigenvalue weighted by Crippen LogP contribution is 2.31. The fraction of sp³-hybridized carbons (Fsp3) is 0.438. The van der Waals surface area contributed by atoms with Gasteiger partial charge in [0.1, 0.15) is 6.73 Å². The number of halogens is 1. The van der Waals surface area contributed by atoms with Crippen LogP contribution in [0.5, 0.6) is 0 Å². The maximum absolute atomic E-state index is 5.64. The van der Waals surface area contributed by atoms with Gasteiger partial charge >= 0.3 is 0 Å². The molecule has 0 amide bonds. The standard InChI is InChI=1S/C16H19BrN2OS/c1-2-3-4-14-9-20-11-19(14)16-18-15(10-21-16)12-5-7-13(17)8-6-12/h5-8,10,14H,2-4,9,11H2,1H3. The molecule has 0 N–H and O–H groups in total. The van der Waals surface area contributed by atoms with E-state index in [4.69, 9.17) is 9.72 Å². The summed E-state index contributed by atoms with van der Waals surface area (Å²) in [6, 6.07) is 8.78. The lowest BCUT2D eigenvalue weighted by atomic mass is 10.1. The van der Waals surface area contributed by atoms with Gasteiger partial charge in [-0.3, -0.25) is 0 Å². The molecule has 3 rings (SSSR count). The molecule has 2 aromatic rings. The number of nitrogens with zero attached hydrogens (tertiary/aromatic N) is 2. The Hall–Kier alpha value is -0.910. The van der Waals surface area contributed by atoms with Crippen molar-refractivity contribution in [1.29, 1.82) is 0 Å². The van der Waals surface area contributed by atoms with Gasteiger partial charge in [0.2, 0.25) is 0 Å². The van der Waals surface area contributed by atoms with E-state index in [2.05, 4.69) is 57.4 Å². The Morgan fingerprint density at radius 2 is 2.19 bits per heavy atom. The van der Waals surface area contributed by atoms with E-state index >= 15 is 0 Å². The van der Waals surface area contributed by atoms with E-state index in [1.54, 1.807) is 11.3 Å². The molecule has 1 aromatic carbocycles. The van der Waals surface area contributed by atoms with Gasteiger partial charge in [0.25, 0.3) is 0 Å². The zero-order valence-corrected chi connectivity index (χ0v) is 14.5. The molecule has 112 valence electrons. The van der Waals surface area contributed by atoms with Gasteiger partial charge in [0.15, 0.2) is 5.13 Å². The summed E-state index contributed by atoms with van der Waals surface area (Å²) < 4.78 is 6.73. The Bertz CT molecular complexity index is 584. The highest BCUT2D eigenvalue weighted by molar-refractivity contribution is 9.10. The average molecular weight is 367 g/mol. The van der Waals surface area contributed by atoms with Crippen LogP contribution in [0, 0.1) is 0 Å². The van der Waals surface area contributed by atoms with Crippen molar-refractivity contribution >= 4 is 32.4 Å². The van der Waals surface area contributed by atoms with Gasteiger partial charge in [-0.05, 0) is 18.6 Å². The highest BCUT2D eigenvalue weighted by Gasteiger charge is 2.27. The third-order valence-corrected chi connectivity index (χ3v) is 5.16. The molecule has 0 spiro atoms. The van der Waals surface area contributed by atoms with E-state index in [0.29, 0.717) is 12.8 Å². The van der Waals surface area contributed by atoms with Crippen LogP contribution in [-0.2, 0) is 4.74 Å². The Labute approximate surface area is 138 Å². The summed E-state index contributed by atoms with van der Waals surface area (Å²) in [6.45, 7) is 3.73. The van der Waals surface area contributed by atoms with E-state index < -0.39 is 0 Å². The van der Waals surface area contributed by atoms with Crippen molar-refractivity contribution in [1.82, 2.24) is 4.98 Å². The molecule has 1 fully saturated rings. The molecule has 0 aliphatic carbocycles. The third kappa shape index (κ3) is 3.47. The second kappa shape index (κ2) is 6.90. The van der Waals surface area contributed by atoms with Crippen LogP contribution in [0.2, 0.25) is 0 Å². The molecule has 1 atom stereocenters. The maximum Gasteiger partial charge on any atom is 0.188 e. The molecule has 1 aliphatic heterocycles. The van der Waals surface area contributed by atoms with Crippen LogP contribution in [0.1, 0.15) is 26.2 Å². The lowest BCUT2D eigenvalue weighted by molar-refractivity contribution is 0.192. The molecule has 1 aromatic heterocycles. The average Bonchev–Trinajstić information content (AvgIpc) is 3.14. The van der Waals surface area contributed by atoms with Crippen LogP contribution in [-0.4, -0.2) is 24.4 Å². The van der Waals surface area contributed by atoms with E-state index in [9.17, 15) is 0 Å². The maximum atomic E-state index is 5.64. The number of hydrogen-bond donors (Lipinski definition) is 0. The fourth-order valence-corrected chi connectivity index (χ4v) is 3.68. The molecule has 0 saturated carbocycles. The van der Waals surface area contributed by atoms with Crippen LogP contribution in [0.3, 0.4) is 0 Å².